The highest BCUT2D eigenvalue weighted by Gasteiger charge is 2.15. The lowest BCUT2D eigenvalue weighted by atomic mass is 10.1. The number of halogens is 2. The summed E-state index contributed by atoms with van der Waals surface area (Å²) in [6, 6.07) is 5.07. The minimum atomic E-state index is 0.707. The maximum absolute atomic E-state index is 3.55. The quantitative estimate of drug-likeness (QED) is 0.619. The van der Waals surface area contributed by atoms with Gasteiger partial charge in [0, 0.05) is 29.3 Å². The minimum absolute atomic E-state index is 0.707. The molecule has 0 amide bonds. The van der Waals surface area contributed by atoms with Gasteiger partial charge in [0.1, 0.15) is 0 Å². The van der Waals surface area contributed by atoms with Gasteiger partial charge in [0.25, 0.3) is 0 Å². The Kier molecular flexibility index (Phi) is 7.20. The topological polar surface area (TPSA) is 3.24 Å². The van der Waals surface area contributed by atoms with E-state index in [2.05, 4.69) is 62.7 Å². The second kappa shape index (κ2) is 7.85. The largest absolute Gasteiger partial charge is 0.295 e. The average molecular weight is 369 g/mol. The molecule has 1 heterocycles. The molecule has 0 aliphatic rings. The Hall–Kier alpha value is 0.620. The Balaban J connectivity index is 2.63. The van der Waals surface area contributed by atoms with Gasteiger partial charge in [0.15, 0.2) is 0 Å². The molecule has 0 unspecified atom stereocenters. The molecule has 0 saturated carbocycles. The fraction of sp³-hybridized carbons (Fsp3) is 0.667. The lowest BCUT2D eigenvalue weighted by Gasteiger charge is -2.29. The third-order valence-electron chi connectivity index (χ3n) is 2.82. The van der Waals surface area contributed by atoms with Gasteiger partial charge in [-0.2, -0.15) is 0 Å². The van der Waals surface area contributed by atoms with Crippen molar-refractivity contribution < 1.29 is 0 Å². The molecule has 0 radical (unpaired) electrons. The van der Waals surface area contributed by atoms with Crippen LogP contribution in [0.3, 0.4) is 0 Å². The smallest absolute Gasteiger partial charge is 0.0701 e. The Bertz CT molecular complexity index is 297. The summed E-state index contributed by atoms with van der Waals surface area (Å²) in [5.41, 5.74) is 0. The second-order valence-corrected chi connectivity index (χ2v) is 7.18. The molecule has 1 nitrogen and oxygen atoms in total. The van der Waals surface area contributed by atoms with Crippen molar-refractivity contribution in [1.29, 1.82) is 0 Å². The van der Waals surface area contributed by atoms with E-state index in [1.165, 1.54) is 21.5 Å². The van der Waals surface area contributed by atoms with Crippen LogP contribution in [-0.4, -0.2) is 22.8 Å². The molecule has 16 heavy (non-hydrogen) atoms. The van der Waals surface area contributed by atoms with Crippen LogP contribution in [0.1, 0.15) is 31.6 Å². The molecule has 1 aromatic heterocycles. The number of thiophene rings is 1. The van der Waals surface area contributed by atoms with E-state index in [4.69, 9.17) is 0 Å². The molecule has 92 valence electrons. The summed E-state index contributed by atoms with van der Waals surface area (Å²) in [7, 11) is 0. The van der Waals surface area contributed by atoms with E-state index in [9.17, 15) is 0 Å². The molecule has 1 rings (SSSR count). The van der Waals surface area contributed by atoms with Crippen molar-refractivity contribution >= 4 is 43.2 Å². The maximum Gasteiger partial charge on any atom is 0.0701 e. The van der Waals surface area contributed by atoms with Gasteiger partial charge in [0.2, 0.25) is 0 Å². The van der Waals surface area contributed by atoms with Gasteiger partial charge >= 0.3 is 0 Å². The fourth-order valence-electron chi connectivity index (χ4n) is 1.94. The van der Waals surface area contributed by atoms with Crippen LogP contribution in [0.5, 0.6) is 0 Å². The Labute approximate surface area is 119 Å². The van der Waals surface area contributed by atoms with Crippen molar-refractivity contribution in [1.82, 2.24) is 4.90 Å². The zero-order chi connectivity index (χ0) is 12.0. The third-order valence-corrected chi connectivity index (χ3v) is 4.78. The molecule has 0 fully saturated rings. The van der Waals surface area contributed by atoms with Crippen molar-refractivity contribution in [3.63, 3.8) is 0 Å². The zero-order valence-electron chi connectivity index (χ0n) is 9.88. The lowest BCUT2D eigenvalue weighted by molar-refractivity contribution is 0.191. The maximum atomic E-state index is 3.55. The van der Waals surface area contributed by atoms with Crippen LogP contribution in [0.2, 0.25) is 0 Å². The van der Waals surface area contributed by atoms with E-state index in [0.29, 0.717) is 6.04 Å². The first kappa shape index (κ1) is 14.7. The van der Waals surface area contributed by atoms with Crippen molar-refractivity contribution in [2.75, 3.05) is 11.9 Å². The standard InChI is InChI=1S/C12H19Br2NS/c1-3-10(4-2)15(8-7-13)9-11-5-6-12(14)16-11/h5-6,10H,3-4,7-9H2,1-2H3. The summed E-state index contributed by atoms with van der Waals surface area (Å²) >= 11 is 8.91. The van der Waals surface area contributed by atoms with Gasteiger partial charge in [-0.15, -0.1) is 11.3 Å². The number of hydrogen-bond acceptors (Lipinski definition) is 2. The first-order valence-corrected chi connectivity index (χ1v) is 8.48. The summed E-state index contributed by atoms with van der Waals surface area (Å²) < 4.78 is 1.23. The normalized spacial score (nSPS) is 11.6. The molecule has 0 saturated heterocycles. The molecular formula is C12H19Br2NS. The predicted octanol–water partition coefficient (Wildman–Crippen LogP) is 4.90. The molecule has 0 spiro atoms. The molecule has 0 aliphatic heterocycles. The fourth-order valence-corrected chi connectivity index (χ4v) is 3.91. The first-order chi connectivity index (χ1) is 7.71. The molecule has 0 aliphatic carbocycles. The van der Waals surface area contributed by atoms with Crippen molar-refractivity contribution in [3.8, 4) is 0 Å². The monoisotopic (exact) mass is 367 g/mol. The van der Waals surface area contributed by atoms with E-state index in [1.807, 2.05) is 11.3 Å². The van der Waals surface area contributed by atoms with E-state index in [0.717, 1.165) is 18.4 Å². The predicted molar refractivity (Wildman–Crippen MR) is 80.6 cm³/mol. The van der Waals surface area contributed by atoms with Crippen LogP contribution in [0.25, 0.3) is 0 Å². The van der Waals surface area contributed by atoms with Gasteiger partial charge < -0.3 is 0 Å². The third kappa shape index (κ3) is 4.47. The highest BCUT2D eigenvalue weighted by atomic mass is 79.9. The summed E-state index contributed by atoms with van der Waals surface area (Å²) in [5, 5.41) is 1.05. The first-order valence-electron chi connectivity index (χ1n) is 5.75. The van der Waals surface area contributed by atoms with Crippen LogP contribution in [0.15, 0.2) is 15.9 Å². The molecule has 0 aromatic carbocycles. The Morgan fingerprint density at radius 2 is 2.00 bits per heavy atom. The minimum Gasteiger partial charge on any atom is -0.295 e. The van der Waals surface area contributed by atoms with Crippen LogP contribution >= 0.6 is 43.2 Å². The molecule has 0 N–H and O–H groups in total. The number of rotatable bonds is 7. The van der Waals surface area contributed by atoms with Gasteiger partial charge in [0.05, 0.1) is 3.79 Å². The molecule has 0 atom stereocenters. The zero-order valence-corrected chi connectivity index (χ0v) is 13.9. The van der Waals surface area contributed by atoms with Gasteiger partial charge in [-0.1, -0.05) is 29.8 Å². The van der Waals surface area contributed by atoms with Crippen LogP contribution < -0.4 is 0 Å². The highest BCUT2D eigenvalue weighted by molar-refractivity contribution is 9.11. The lowest BCUT2D eigenvalue weighted by Crippen LogP contribution is -2.35. The molecule has 0 bridgehead atoms. The van der Waals surface area contributed by atoms with E-state index in [1.54, 1.807) is 0 Å². The number of alkyl halides is 1. The van der Waals surface area contributed by atoms with E-state index in [-0.39, 0.29) is 0 Å². The molecule has 4 heteroatoms. The summed E-state index contributed by atoms with van der Waals surface area (Å²) in [6.07, 6.45) is 2.46. The SMILES string of the molecule is CCC(CC)N(CCBr)Cc1ccc(Br)s1. The van der Waals surface area contributed by atoms with Crippen molar-refractivity contribution in [2.24, 2.45) is 0 Å². The average Bonchev–Trinajstić information content (AvgIpc) is 2.66. The summed E-state index contributed by atoms with van der Waals surface area (Å²) in [6.45, 7) is 6.76. The second-order valence-electron chi connectivity index (χ2n) is 3.84. The Morgan fingerprint density at radius 3 is 2.44 bits per heavy atom. The molecular weight excluding hydrogens is 350 g/mol. The Morgan fingerprint density at radius 1 is 1.31 bits per heavy atom. The van der Waals surface area contributed by atoms with Crippen molar-refractivity contribution in [3.05, 3.63) is 20.8 Å². The highest BCUT2D eigenvalue weighted by Crippen LogP contribution is 2.24. The summed E-state index contributed by atoms with van der Waals surface area (Å²) in [5.74, 6) is 0. The van der Waals surface area contributed by atoms with Gasteiger partial charge in [-0.25, -0.2) is 0 Å². The van der Waals surface area contributed by atoms with Crippen LogP contribution in [-0.2, 0) is 6.54 Å². The van der Waals surface area contributed by atoms with Gasteiger partial charge in [-0.3, -0.25) is 4.90 Å². The number of nitrogens with zero attached hydrogens (tertiary/aromatic N) is 1. The van der Waals surface area contributed by atoms with Crippen LogP contribution in [0.4, 0.5) is 0 Å². The summed E-state index contributed by atoms with van der Waals surface area (Å²) in [4.78, 5) is 4.02. The van der Waals surface area contributed by atoms with Crippen LogP contribution in [0, 0.1) is 0 Å². The van der Waals surface area contributed by atoms with Gasteiger partial charge in [-0.05, 0) is 40.9 Å². The molecule has 1 aromatic rings. The number of hydrogen-bond donors (Lipinski definition) is 0. The van der Waals surface area contributed by atoms with Crippen molar-refractivity contribution in [2.45, 2.75) is 39.3 Å². The van der Waals surface area contributed by atoms with E-state index >= 15 is 0 Å². The van der Waals surface area contributed by atoms with E-state index < -0.39 is 0 Å².